The topological polar surface area (TPSA) is 70.6 Å². The third-order valence-electron chi connectivity index (χ3n) is 4.21. The van der Waals surface area contributed by atoms with Crippen LogP contribution in [0.2, 0.25) is 0 Å². The summed E-state index contributed by atoms with van der Waals surface area (Å²) < 4.78 is 5.72. The molecule has 0 radical (unpaired) electrons. The molecule has 1 saturated carbocycles. The average Bonchev–Trinajstić information content (AvgIpc) is 2.87. The van der Waals surface area contributed by atoms with E-state index in [1.54, 1.807) is 0 Å². The maximum Gasteiger partial charge on any atom is 0.222 e. The highest BCUT2D eigenvalue weighted by Crippen LogP contribution is 2.25. The highest BCUT2D eigenvalue weighted by Gasteiger charge is 2.27. The molecule has 5 heteroatoms. The van der Waals surface area contributed by atoms with Crippen LogP contribution in [0.1, 0.15) is 38.5 Å². The lowest BCUT2D eigenvalue weighted by atomic mass is 10.1. The molecule has 2 rings (SSSR count). The zero-order chi connectivity index (χ0) is 13.5. The third kappa shape index (κ3) is 4.75. The van der Waals surface area contributed by atoms with E-state index in [9.17, 15) is 9.90 Å². The first kappa shape index (κ1) is 14.8. The smallest absolute Gasteiger partial charge is 0.222 e. The monoisotopic (exact) mass is 270 g/mol. The van der Waals surface area contributed by atoms with E-state index >= 15 is 0 Å². The fraction of sp³-hybridized carbons (Fsp3) is 0.929. The summed E-state index contributed by atoms with van der Waals surface area (Å²) in [6, 6.07) is 0.163. The summed E-state index contributed by atoms with van der Waals surface area (Å²) in [6.45, 7) is 2.71. The largest absolute Gasteiger partial charge is 0.396 e. The first-order chi connectivity index (χ1) is 9.29. The fourth-order valence-electron chi connectivity index (χ4n) is 3.00. The lowest BCUT2D eigenvalue weighted by Gasteiger charge is -2.23. The standard InChI is InChI=1S/C14H26N2O3/c17-10-11-2-1-3-13(11)16-14(18)6-9-19-12-4-7-15-8-5-12/h11-13,15,17H,1-10H2,(H,16,18). The zero-order valence-corrected chi connectivity index (χ0v) is 11.6. The number of aliphatic hydroxyl groups excluding tert-OH is 1. The Labute approximate surface area is 115 Å². The minimum absolute atomic E-state index is 0.0549. The van der Waals surface area contributed by atoms with Crippen molar-refractivity contribution >= 4 is 5.91 Å². The molecular formula is C14H26N2O3. The quantitative estimate of drug-likeness (QED) is 0.654. The normalized spacial score (nSPS) is 28.5. The summed E-state index contributed by atoms with van der Waals surface area (Å²) >= 11 is 0. The molecule has 2 aliphatic rings. The van der Waals surface area contributed by atoms with Crippen molar-refractivity contribution in [1.82, 2.24) is 10.6 Å². The Morgan fingerprint density at radius 3 is 2.79 bits per heavy atom. The maximum atomic E-state index is 11.8. The van der Waals surface area contributed by atoms with Crippen LogP contribution in [0.3, 0.4) is 0 Å². The van der Waals surface area contributed by atoms with E-state index in [2.05, 4.69) is 10.6 Å². The van der Waals surface area contributed by atoms with Crippen LogP contribution in [-0.2, 0) is 9.53 Å². The number of carbonyl (C=O) groups is 1. The van der Waals surface area contributed by atoms with Gasteiger partial charge in [0.15, 0.2) is 0 Å². The Balaban J connectivity index is 1.59. The minimum Gasteiger partial charge on any atom is -0.396 e. The predicted octanol–water partition coefficient (Wildman–Crippen LogP) is 0.422. The minimum atomic E-state index is 0.0549. The number of hydrogen-bond acceptors (Lipinski definition) is 4. The molecule has 19 heavy (non-hydrogen) atoms. The molecular weight excluding hydrogens is 244 g/mol. The zero-order valence-electron chi connectivity index (χ0n) is 11.6. The van der Waals surface area contributed by atoms with Gasteiger partial charge in [0.25, 0.3) is 0 Å². The lowest BCUT2D eigenvalue weighted by Crippen LogP contribution is -2.39. The van der Waals surface area contributed by atoms with Crippen LogP contribution in [0, 0.1) is 5.92 Å². The molecule has 2 fully saturated rings. The number of amides is 1. The predicted molar refractivity (Wildman–Crippen MR) is 72.8 cm³/mol. The first-order valence-corrected chi connectivity index (χ1v) is 7.52. The van der Waals surface area contributed by atoms with Crippen LogP contribution in [0.15, 0.2) is 0 Å². The molecule has 0 aromatic heterocycles. The summed E-state index contributed by atoms with van der Waals surface area (Å²) in [6.07, 6.45) is 5.93. The van der Waals surface area contributed by atoms with Gasteiger partial charge in [-0.3, -0.25) is 4.79 Å². The molecule has 2 unspecified atom stereocenters. The van der Waals surface area contributed by atoms with Gasteiger partial charge in [0.1, 0.15) is 0 Å². The lowest BCUT2D eigenvalue weighted by molar-refractivity contribution is -0.123. The highest BCUT2D eigenvalue weighted by atomic mass is 16.5. The van der Waals surface area contributed by atoms with Crippen LogP contribution >= 0.6 is 0 Å². The van der Waals surface area contributed by atoms with E-state index in [0.717, 1.165) is 45.2 Å². The number of piperidine rings is 1. The van der Waals surface area contributed by atoms with Gasteiger partial charge >= 0.3 is 0 Å². The van der Waals surface area contributed by atoms with E-state index in [-0.39, 0.29) is 24.5 Å². The van der Waals surface area contributed by atoms with Gasteiger partial charge in [-0.05, 0) is 38.8 Å². The van der Waals surface area contributed by atoms with E-state index in [1.165, 1.54) is 0 Å². The molecule has 1 saturated heterocycles. The molecule has 2 atom stereocenters. The van der Waals surface area contributed by atoms with E-state index in [0.29, 0.717) is 19.1 Å². The van der Waals surface area contributed by atoms with Crippen LogP contribution in [0.4, 0.5) is 0 Å². The first-order valence-electron chi connectivity index (χ1n) is 7.52. The number of carbonyl (C=O) groups excluding carboxylic acids is 1. The van der Waals surface area contributed by atoms with Crippen molar-refractivity contribution in [2.45, 2.75) is 50.7 Å². The van der Waals surface area contributed by atoms with Crippen LogP contribution in [0.25, 0.3) is 0 Å². The van der Waals surface area contributed by atoms with Gasteiger partial charge in [0.05, 0.1) is 12.7 Å². The summed E-state index contributed by atoms with van der Waals surface area (Å²) in [5.74, 6) is 0.300. The van der Waals surface area contributed by atoms with Crippen LogP contribution < -0.4 is 10.6 Å². The number of hydrogen-bond donors (Lipinski definition) is 3. The molecule has 110 valence electrons. The second-order valence-electron chi connectivity index (χ2n) is 5.62. The van der Waals surface area contributed by atoms with Gasteiger partial charge in [-0.25, -0.2) is 0 Å². The highest BCUT2D eigenvalue weighted by molar-refractivity contribution is 5.76. The fourth-order valence-corrected chi connectivity index (χ4v) is 3.00. The van der Waals surface area contributed by atoms with Gasteiger partial charge in [-0.2, -0.15) is 0 Å². The van der Waals surface area contributed by atoms with Crippen molar-refractivity contribution in [3.63, 3.8) is 0 Å². The van der Waals surface area contributed by atoms with Crippen molar-refractivity contribution in [2.24, 2.45) is 5.92 Å². The van der Waals surface area contributed by atoms with Crippen molar-refractivity contribution in [2.75, 3.05) is 26.3 Å². The number of nitrogens with one attached hydrogen (secondary N) is 2. The Hall–Kier alpha value is -0.650. The molecule has 1 aliphatic heterocycles. The number of aliphatic hydroxyl groups is 1. The molecule has 3 N–H and O–H groups in total. The van der Waals surface area contributed by atoms with Gasteiger partial charge in [-0.1, -0.05) is 6.42 Å². The van der Waals surface area contributed by atoms with Crippen LogP contribution in [-0.4, -0.2) is 49.5 Å². The number of rotatable bonds is 6. The van der Waals surface area contributed by atoms with Gasteiger partial charge < -0.3 is 20.5 Å². The Bertz CT molecular complexity index is 280. The van der Waals surface area contributed by atoms with E-state index in [4.69, 9.17) is 4.74 Å². The average molecular weight is 270 g/mol. The summed E-state index contributed by atoms with van der Waals surface area (Å²) in [5, 5.41) is 15.5. The molecule has 0 bridgehead atoms. The SMILES string of the molecule is O=C(CCOC1CCNCC1)NC1CCCC1CO. The third-order valence-corrected chi connectivity index (χ3v) is 4.21. The molecule has 1 aliphatic carbocycles. The van der Waals surface area contributed by atoms with Crippen LogP contribution in [0.5, 0.6) is 0 Å². The summed E-state index contributed by atoms with van der Waals surface area (Å²) in [7, 11) is 0. The Morgan fingerprint density at radius 1 is 1.26 bits per heavy atom. The maximum absolute atomic E-state index is 11.8. The van der Waals surface area contributed by atoms with E-state index < -0.39 is 0 Å². The second-order valence-corrected chi connectivity index (χ2v) is 5.62. The molecule has 1 amide bonds. The Kier molecular flexibility index (Phi) is 6.07. The van der Waals surface area contributed by atoms with Crippen molar-refractivity contribution in [3.8, 4) is 0 Å². The second kappa shape index (κ2) is 7.82. The number of ether oxygens (including phenoxy) is 1. The Morgan fingerprint density at radius 2 is 2.05 bits per heavy atom. The van der Waals surface area contributed by atoms with Gasteiger partial charge in [0.2, 0.25) is 5.91 Å². The molecule has 0 aromatic carbocycles. The van der Waals surface area contributed by atoms with Gasteiger partial charge in [-0.15, -0.1) is 0 Å². The summed E-state index contributed by atoms with van der Waals surface area (Å²) in [4.78, 5) is 11.8. The van der Waals surface area contributed by atoms with E-state index in [1.807, 2.05) is 0 Å². The summed E-state index contributed by atoms with van der Waals surface area (Å²) in [5.41, 5.74) is 0. The van der Waals surface area contributed by atoms with Gasteiger partial charge in [0, 0.05) is 25.0 Å². The van der Waals surface area contributed by atoms with Crippen molar-refractivity contribution in [1.29, 1.82) is 0 Å². The van der Waals surface area contributed by atoms with Crippen molar-refractivity contribution in [3.05, 3.63) is 0 Å². The van der Waals surface area contributed by atoms with Crippen molar-refractivity contribution < 1.29 is 14.6 Å². The molecule has 5 nitrogen and oxygen atoms in total. The molecule has 1 heterocycles. The molecule has 0 aromatic rings. The molecule has 0 spiro atoms.